The minimum Gasteiger partial charge on any atom is -0.416 e. The van der Waals surface area contributed by atoms with Gasteiger partial charge in [-0.15, -0.1) is 0 Å². The zero-order valence-corrected chi connectivity index (χ0v) is 17.6. The van der Waals surface area contributed by atoms with E-state index in [1.165, 1.54) is 31.4 Å². The van der Waals surface area contributed by atoms with Gasteiger partial charge in [0.2, 0.25) is 0 Å². The summed E-state index contributed by atoms with van der Waals surface area (Å²) in [5, 5.41) is 3.68. The molecular weight excluding hydrogens is 312 g/mol. The lowest BCUT2D eigenvalue weighted by Gasteiger charge is -2.43. The van der Waals surface area contributed by atoms with Crippen molar-refractivity contribution in [2.24, 2.45) is 5.92 Å². The van der Waals surface area contributed by atoms with Gasteiger partial charge in [0.25, 0.3) is 0 Å². The molecule has 138 valence electrons. The highest BCUT2D eigenvalue weighted by molar-refractivity contribution is 6.77. The molecule has 1 aliphatic carbocycles. The van der Waals surface area contributed by atoms with Crippen LogP contribution in [0, 0.1) is 5.92 Å². The first kappa shape index (κ1) is 19.6. The second-order valence-corrected chi connectivity index (χ2v) is 14.1. The maximum Gasteiger partial charge on any atom is 0.200 e. The maximum atomic E-state index is 6.84. The number of hydrogen-bond donors (Lipinski definition) is 2. The molecule has 1 aromatic rings. The molecule has 2 N–H and O–H groups in total. The van der Waals surface area contributed by atoms with Crippen molar-refractivity contribution < 1.29 is 4.43 Å². The Kier molecular flexibility index (Phi) is 6.99. The van der Waals surface area contributed by atoms with Crippen molar-refractivity contribution in [3.63, 3.8) is 0 Å². The Morgan fingerprint density at radius 2 is 1.79 bits per heavy atom. The molecule has 1 saturated carbocycles. The predicted octanol–water partition coefficient (Wildman–Crippen LogP) is 6.18. The van der Waals surface area contributed by atoms with E-state index in [4.69, 9.17) is 4.43 Å². The van der Waals surface area contributed by atoms with Crippen molar-refractivity contribution in [2.75, 3.05) is 11.9 Å². The molecule has 0 aromatic carbocycles. The molecule has 0 aliphatic heterocycles. The van der Waals surface area contributed by atoms with Gasteiger partial charge in [-0.25, -0.2) is 0 Å². The van der Waals surface area contributed by atoms with Gasteiger partial charge in [0.15, 0.2) is 8.32 Å². The monoisotopic (exact) mass is 350 g/mol. The van der Waals surface area contributed by atoms with Crippen molar-refractivity contribution in [1.29, 1.82) is 0 Å². The van der Waals surface area contributed by atoms with Gasteiger partial charge in [-0.05, 0) is 47.9 Å². The lowest BCUT2D eigenvalue weighted by atomic mass is 9.86. The third kappa shape index (κ3) is 4.45. The molecule has 1 fully saturated rings. The maximum absolute atomic E-state index is 6.84. The van der Waals surface area contributed by atoms with Gasteiger partial charge in [-0.3, -0.25) is 0 Å². The largest absolute Gasteiger partial charge is 0.416 e. The van der Waals surface area contributed by atoms with Crippen LogP contribution in [0.1, 0.15) is 67.2 Å². The summed E-state index contributed by atoms with van der Waals surface area (Å²) in [6, 6.07) is 2.71. The van der Waals surface area contributed by atoms with E-state index in [1.54, 1.807) is 0 Å². The summed E-state index contributed by atoms with van der Waals surface area (Å²) in [6.07, 6.45) is 9.19. The number of aromatic nitrogens is 1. The third-order valence-corrected chi connectivity index (χ3v) is 12.1. The predicted molar refractivity (Wildman–Crippen MR) is 107 cm³/mol. The zero-order chi connectivity index (χ0) is 17.7. The Morgan fingerprint density at radius 1 is 1.12 bits per heavy atom. The van der Waals surface area contributed by atoms with Crippen LogP contribution in [-0.4, -0.2) is 26.0 Å². The van der Waals surface area contributed by atoms with E-state index in [2.05, 4.69) is 57.9 Å². The van der Waals surface area contributed by atoms with Crippen LogP contribution in [0.3, 0.4) is 0 Å². The van der Waals surface area contributed by atoms with Crippen LogP contribution in [0.5, 0.6) is 0 Å². The van der Waals surface area contributed by atoms with Gasteiger partial charge in [0.05, 0.1) is 5.69 Å². The first-order chi connectivity index (χ1) is 11.4. The average molecular weight is 351 g/mol. The van der Waals surface area contributed by atoms with E-state index in [9.17, 15) is 0 Å². The van der Waals surface area contributed by atoms with Crippen molar-refractivity contribution in [2.45, 2.75) is 89.9 Å². The Morgan fingerprint density at radius 3 is 2.33 bits per heavy atom. The highest BCUT2D eigenvalue weighted by atomic mass is 28.4. The van der Waals surface area contributed by atoms with Crippen LogP contribution >= 0.6 is 0 Å². The van der Waals surface area contributed by atoms with Crippen LogP contribution in [0.15, 0.2) is 18.5 Å². The van der Waals surface area contributed by atoms with Crippen molar-refractivity contribution in [3.05, 3.63) is 18.5 Å². The van der Waals surface area contributed by atoms with Crippen LogP contribution in [0.4, 0.5) is 5.69 Å². The highest BCUT2D eigenvalue weighted by Crippen LogP contribution is 2.43. The lowest BCUT2D eigenvalue weighted by Crippen LogP contribution is -2.49. The van der Waals surface area contributed by atoms with E-state index in [1.807, 2.05) is 12.4 Å². The summed E-state index contributed by atoms with van der Waals surface area (Å²) in [7, 11) is -1.72. The smallest absolute Gasteiger partial charge is 0.200 e. The van der Waals surface area contributed by atoms with Gasteiger partial charge in [0.1, 0.15) is 0 Å². The Hall–Kier alpha value is -0.743. The number of rotatable bonds is 8. The van der Waals surface area contributed by atoms with Crippen LogP contribution in [0.25, 0.3) is 0 Å². The average Bonchev–Trinajstić information content (AvgIpc) is 3.00. The first-order valence-corrected chi connectivity index (χ1v) is 12.0. The second kappa shape index (κ2) is 8.57. The van der Waals surface area contributed by atoms with Crippen molar-refractivity contribution in [3.8, 4) is 0 Å². The summed E-state index contributed by atoms with van der Waals surface area (Å²) in [6.45, 7) is 15.2. The fourth-order valence-corrected chi connectivity index (χ4v) is 10.5. The summed E-state index contributed by atoms with van der Waals surface area (Å²) >= 11 is 0. The minimum absolute atomic E-state index is 0.594. The molecular formula is C20H38N2OSi. The molecule has 0 saturated heterocycles. The van der Waals surface area contributed by atoms with Gasteiger partial charge in [-0.1, -0.05) is 48.0 Å². The molecule has 4 heteroatoms. The summed E-state index contributed by atoms with van der Waals surface area (Å²) in [5.74, 6) is 0.707. The highest BCUT2D eigenvalue weighted by Gasteiger charge is 2.45. The van der Waals surface area contributed by atoms with Gasteiger partial charge >= 0.3 is 0 Å². The number of aromatic amines is 1. The molecule has 3 nitrogen and oxygen atoms in total. The standard InChI is InChI=1S/C20H38N2OSi/c1-15(2)24(16(3)4,17(5)6)23-14-18-8-7-9-19(12-18)22-20-10-11-21-13-20/h10-11,13,15-19,21-22H,7-9,12,14H2,1-6H3/t18-,19+/m1/s1. The Balaban J connectivity index is 1.94. The molecule has 1 aromatic heterocycles. The van der Waals surface area contributed by atoms with Crippen molar-refractivity contribution in [1.82, 2.24) is 4.98 Å². The quantitative estimate of drug-likeness (QED) is 0.549. The normalized spacial score (nSPS) is 22.5. The number of hydrogen-bond acceptors (Lipinski definition) is 2. The number of H-pyrrole nitrogens is 1. The molecule has 2 rings (SSSR count). The third-order valence-electron chi connectivity index (χ3n) is 6.03. The molecule has 1 heterocycles. The molecule has 24 heavy (non-hydrogen) atoms. The number of anilines is 1. The summed E-state index contributed by atoms with van der Waals surface area (Å²) in [5.41, 5.74) is 3.25. The Bertz CT molecular complexity index is 448. The first-order valence-electron chi connectivity index (χ1n) is 9.89. The Labute approximate surface area is 150 Å². The summed E-state index contributed by atoms with van der Waals surface area (Å²) in [4.78, 5) is 3.13. The number of nitrogens with one attached hydrogen (secondary N) is 2. The van der Waals surface area contributed by atoms with Crippen LogP contribution < -0.4 is 5.32 Å². The van der Waals surface area contributed by atoms with Crippen LogP contribution in [-0.2, 0) is 4.43 Å². The van der Waals surface area contributed by atoms with E-state index < -0.39 is 8.32 Å². The molecule has 0 unspecified atom stereocenters. The molecule has 0 amide bonds. The van der Waals surface area contributed by atoms with Crippen LogP contribution in [0.2, 0.25) is 16.6 Å². The van der Waals surface area contributed by atoms with E-state index >= 15 is 0 Å². The van der Waals surface area contributed by atoms with Gasteiger partial charge in [0, 0.05) is 25.0 Å². The van der Waals surface area contributed by atoms with E-state index in [0.29, 0.717) is 28.6 Å². The molecule has 2 atom stereocenters. The summed E-state index contributed by atoms with van der Waals surface area (Å²) < 4.78 is 6.84. The fourth-order valence-electron chi connectivity index (χ4n) is 4.99. The molecule has 1 aliphatic rings. The second-order valence-electron chi connectivity index (χ2n) is 8.60. The molecule has 0 spiro atoms. The van der Waals surface area contributed by atoms with Crippen molar-refractivity contribution >= 4 is 14.0 Å². The lowest BCUT2D eigenvalue weighted by molar-refractivity contribution is 0.182. The molecule has 0 bridgehead atoms. The van der Waals surface area contributed by atoms with Gasteiger partial charge < -0.3 is 14.7 Å². The SMILES string of the molecule is CC(C)[Si](OC[C@@H]1CCC[C@H](Nc2cc[nH]c2)C1)(C(C)C)C(C)C. The van der Waals surface area contributed by atoms with Gasteiger partial charge in [-0.2, -0.15) is 0 Å². The fraction of sp³-hybridized carbons (Fsp3) is 0.800. The topological polar surface area (TPSA) is 37.0 Å². The van der Waals surface area contributed by atoms with E-state index in [0.717, 1.165) is 6.61 Å². The zero-order valence-electron chi connectivity index (χ0n) is 16.6. The van der Waals surface area contributed by atoms with E-state index in [-0.39, 0.29) is 0 Å². The molecule has 0 radical (unpaired) electrons. The minimum atomic E-state index is -1.72.